The lowest BCUT2D eigenvalue weighted by Crippen LogP contribution is -2.42. The van der Waals surface area contributed by atoms with E-state index in [4.69, 9.17) is 16.3 Å². The monoisotopic (exact) mass is 415 g/mol. The lowest BCUT2D eigenvalue weighted by atomic mass is 10.2. The van der Waals surface area contributed by atoms with Crippen molar-refractivity contribution in [3.63, 3.8) is 0 Å². The Bertz CT molecular complexity index is 853. The SMILES string of the molecule is COc1ccc(CN(C(=O)CN(C)CC(=O)Nc2ccccc2Cl)C2CC2)cc1. The van der Waals surface area contributed by atoms with Crippen LogP contribution in [0.15, 0.2) is 48.5 Å². The summed E-state index contributed by atoms with van der Waals surface area (Å²) in [6.45, 7) is 0.855. The number of carbonyl (C=O) groups excluding carboxylic acids is 2. The van der Waals surface area contributed by atoms with Gasteiger partial charge in [0.25, 0.3) is 0 Å². The van der Waals surface area contributed by atoms with Gasteiger partial charge in [0.15, 0.2) is 0 Å². The minimum atomic E-state index is -0.207. The summed E-state index contributed by atoms with van der Waals surface area (Å²) in [6, 6.07) is 15.1. The Hall–Kier alpha value is -2.57. The quantitative estimate of drug-likeness (QED) is 0.681. The molecule has 1 aliphatic carbocycles. The number of methoxy groups -OCH3 is 1. The smallest absolute Gasteiger partial charge is 0.238 e. The molecule has 2 amide bonds. The first kappa shape index (κ1) is 21.1. The van der Waals surface area contributed by atoms with Crippen LogP contribution in [0.1, 0.15) is 18.4 Å². The van der Waals surface area contributed by atoms with Gasteiger partial charge in [-0.3, -0.25) is 14.5 Å². The number of hydrogen-bond donors (Lipinski definition) is 1. The van der Waals surface area contributed by atoms with E-state index in [-0.39, 0.29) is 30.9 Å². The second-order valence-electron chi connectivity index (χ2n) is 7.30. The van der Waals surface area contributed by atoms with Crippen LogP contribution in [0.5, 0.6) is 5.75 Å². The van der Waals surface area contributed by atoms with Gasteiger partial charge in [-0.1, -0.05) is 35.9 Å². The van der Waals surface area contributed by atoms with Crippen molar-refractivity contribution in [1.82, 2.24) is 9.80 Å². The summed E-state index contributed by atoms with van der Waals surface area (Å²) in [5.41, 5.74) is 1.63. The molecule has 0 saturated heterocycles. The van der Waals surface area contributed by atoms with Gasteiger partial charge in [-0.15, -0.1) is 0 Å². The number of hydrogen-bond acceptors (Lipinski definition) is 4. The molecule has 0 aliphatic heterocycles. The molecule has 29 heavy (non-hydrogen) atoms. The van der Waals surface area contributed by atoms with E-state index in [1.54, 1.807) is 43.3 Å². The number of halogens is 1. The summed E-state index contributed by atoms with van der Waals surface area (Å²) >= 11 is 6.07. The van der Waals surface area contributed by atoms with Crippen molar-refractivity contribution in [3.05, 3.63) is 59.1 Å². The van der Waals surface area contributed by atoms with Crippen molar-refractivity contribution in [2.24, 2.45) is 0 Å². The molecule has 2 aromatic carbocycles. The van der Waals surface area contributed by atoms with Crippen molar-refractivity contribution in [2.45, 2.75) is 25.4 Å². The molecule has 1 N–H and O–H groups in total. The number of nitrogens with zero attached hydrogens (tertiary/aromatic N) is 2. The van der Waals surface area contributed by atoms with E-state index < -0.39 is 0 Å². The van der Waals surface area contributed by atoms with Crippen molar-refractivity contribution >= 4 is 29.1 Å². The third-order valence-corrected chi connectivity index (χ3v) is 5.12. The highest BCUT2D eigenvalue weighted by Crippen LogP contribution is 2.29. The van der Waals surface area contributed by atoms with Gasteiger partial charge in [-0.05, 0) is 49.7 Å². The lowest BCUT2D eigenvalue weighted by Gasteiger charge is -2.25. The van der Waals surface area contributed by atoms with Crippen molar-refractivity contribution in [3.8, 4) is 5.75 Å². The Morgan fingerprint density at radius 1 is 1.10 bits per heavy atom. The predicted molar refractivity (Wildman–Crippen MR) is 114 cm³/mol. The highest BCUT2D eigenvalue weighted by atomic mass is 35.5. The predicted octanol–water partition coefficient (Wildman–Crippen LogP) is 3.41. The molecule has 0 bridgehead atoms. The minimum Gasteiger partial charge on any atom is -0.497 e. The number of rotatable bonds is 9. The fraction of sp³-hybridized carbons (Fsp3) is 0.364. The van der Waals surface area contributed by atoms with E-state index in [0.29, 0.717) is 17.3 Å². The summed E-state index contributed by atoms with van der Waals surface area (Å²) in [4.78, 5) is 28.8. The highest BCUT2D eigenvalue weighted by Gasteiger charge is 2.32. The number of ether oxygens (including phenoxy) is 1. The number of nitrogens with one attached hydrogen (secondary N) is 1. The molecular formula is C22H26ClN3O3. The fourth-order valence-corrected chi connectivity index (χ4v) is 3.29. The molecule has 0 heterocycles. The van der Waals surface area contributed by atoms with Crippen LogP contribution in [0.4, 0.5) is 5.69 Å². The average molecular weight is 416 g/mol. The van der Waals surface area contributed by atoms with Gasteiger partial charge < -0.3 is 15.0 Å². The molecule has 2 aromatic rings. The largest absolute Gasteiger partial charge is 0.497 e. The minimum absolute atomic E-state index is 0.0244. The lowest BCUT2D eigenvalue weighted by molar-refractivity contribution is -0.133. The molecule has 1 saturated carbocycles. The molecule has 154 valence electrons. The van der Waals surface area contributed by atoms with Gasteiger partial charge in [0.2, 0.25) is 11.8 Å². The van der Waals surface area contributed by atoms with Gasteiger partial charge in [0, 0.05) is 12.6 Å². The Labute approximate surface area is 176 Å². The van der Waals surface area contributed by atoms with Crippen LogP contribution >= 0.6 is 11.6 Å². The van der Waals surface area contributed by atoms with Crippen LogP contribution in [0.2, 0.25) is 5.02 Å². The maximum absolute atomic E-state index is 12.9. The van der Waals surface area contributed by atoms with Gasteiger partial charge in [0.05, 0.1) is 30.9 Å². The van der Waals surface area contributed by atoms with E-state index in [2.05, 4.69) is 5.32 Å². The molecule has 0 aromatic heterocycles. The van der Waals surface area contributed by atoms with Crippen LogP contribution < -0.4 is 10.1 Å². The molecule has 0 unspecified atom stereocenters. The first-order valence-corrected chi connectivity index (χ1v) is 9.99. The number of benzene rings is 2. The van der Waals surface area contributed by atoms with Crippen LogP contribution in [-0.4, -0.2) is 54.9 Å². The van der Waals surface area contributed by atoms with Gasteiger partial charge >= 0.3 is 0 Å². The van der Waals surface area contributed by atoms with E-state index in [0.717, 1.165) is 24.2 Å². The second kappa shape index (κ2) is 9.76. The van der Waals surface area contributed by atoms with Crippen molar-refractivity contribution < 1.29 is 14.3 Å². The Morgan fingerprint density at radius 3 is 2.41 bits per heavy atom. The van der Waals surface area contributed by atoms with Gasteiger partial charge in [-0.2, -0.15) is 0 Å². The summed E-state index contributed by atoms with van der Waals surface area (Å²) in [7, 11) is 3.40. The maximum Gasteiger partial charge on any atom is 0.238 e. The van der Waals surface area contributed by atoms with E-state index in [1.165, 1.54) is 0 Å². The van der Waals surface area contributed by atoms with Crippen LogP contribution in [0, 0.1) is 0 Å². The summed E-state index contributed by atoms with van der Waals surface area (Å²) in [5, 5.41) is 3.27. The Balaban J connectivity index is 1.53. The zero-order chi connectivity index (χ0) is 20.8. The average Bonchev–Trinajstić information content (AvgIpc) is 3.53. The second-order valence-corrected chi connectivity index (χ2v) is 7.71. The third-order valence-electron chi connectivity index (χ3n) is 4.79. The Kier molecular flexibility index (Phi) is 7.12. The van der Waals surface area contributed by atoms with E-state index in [1.807, 2.05) is 29.2 Å². The summed E-state index contributed by atoms with van der Waals surface area (Å²) in [5.74, 6) is 0.611. The van der Waals surface area contributed by atoms with Crippen LogP contribution in [0.3, 0.4) is 0 Å². The first-order valence-electron chi connectivity index (χ1n) is 9.61. The normalized spacial score (nSPS) is 13.2. The van der Waals surface area contributed by atoms with Crippen molar-refractivity contribution in [1.29, 1.82) is 0 Å². The third kappa shape index (κ3) is 6.21. The van der Waals surface area contributed by atoms with Crippen LogP contribution in [0.25, 0.3) is 0 Å². The fourth-order valence-electron chi connectivity index (χ4n) is 3.11. The summed E-state index contributed by atoms with van der Waals surface area (Å²) < 4.78 is 5.19. The number of likely N-dealkylation sites (N-methyl/N-ethyl adjacent to an activating group) is 1. The molecule has 1 aliphatic rings. The molecular weight excluding hydrogens is 390 g/mol. The molecule has 3 rings (SSSR count). The van der Waals surface area contributed by atoms with E-state index >= 15 is 0 Å². The topological polar surface area (TPSA) is 61.9 Å². The summed E-state index contributed by atoms with van der Waals surface area (Å²) in [6.07, 6.45) is 2.05. The number of carbonyl (C=O) groups is 2. The molecule has 1 fully saturated rings. The van der Waals surface area contributed by atoms with Crippen molar-refractivity contribution in [2.75, 3.05) is 32.6 Å². The first-order chi connectivity index (χ1) is 14.0. The zero-order valence-corrected chi connectivity index (χ0v) is 17.5. The van der Waals surface area contributed by atoms with Gasteiger partial charge in [-0.25, -0.2) is 0 Å². The molecule has 6 nitrogen and oxygen atoms in total. The molecule has 0 atom stereocenters. The maximum atomic E-state index is 12.9. The van der Waals surface area contributed by atoms with E-state index in [9.17, 15) is 9.59 Å². The molecule has 0 radical (unpaired) electrons. The van der Waals surface area contributed by atoms with Crippen LogP contribution in [-0.2, 0) is 16.1 Å². The standard InChI is InChI=1S/C22H26ClN3O3/c1-25(14-21(27)24-20-6-4-3-5-19(20)23)15-22(28)26(17-9-10-17)13-16-7-11-18(29-2)12-8-16/h3-8,11-12,17H,9-10,13-15H2,1-2H3,(H,24,27). The highest BCUT2D eigenvalue weighted by molar-refractivity contribution is 6.33. The van der Waals surface area contributed by atoms with Gasteiger partial charge in [0.1, 0.15) is 5.75 Å². The zero-order valence-electron chi connectivity index (χ0n) is 16.7. The number of anilines is 1. The molecule has 0 spiro atoms. The molecule has 7 heteroatoms. The number of para-hydroxylation sites is 1. The Morgan fingerprint density at radius 2 is 1.79 bits per heavy atom. The number of amides is 2.